The first kappa shape index (κ1) is 21.1. The van der Waals surface area contributed by atoms with Gasteiger partial charge >= 0.3 is 0 Å². The van der Waals surface area contributed by atoms with E-state index in [9.17, 15) is 9.59 Å². The largest absolute Gasteiger partial charge is 0.337 e. The lowest BCUT2D eigenvalue weighted by Crippen LogP contribution is -2.37. The fourth-order valence-electron chi connectivity index (χ4n) is 5.06. The molecule has 5 rings (SSSR count). The van der Waals surface area contributed by atoms with Crippen LogP contribution in [-0.2, 0) is 0 Å². The van der Waals surface area contributed by atoms with Gasteiger partial charge in [-0.2, -0.15) is 0 Å². The number of hydrogen-bond donors (Lipinski definition) is 1. The highest BCUT2D eigenvalue weighted by molar-refractivity contribution is 7.71. The van der Waals surface area contributed by atoms with Crippen molar-refractivity contribution >= 4 is 29.0 Å². The molecule has 3 aromatic rings. The van der Waals surface area contributed by atoms with Crippen LogP contribution in [0.15, 0.2) is 41.2 Å². The van der Waals surface area contributed by atoms with Crippen LogP contribution in [0.5, 0.6) is 0 Å². The van der Waals surface area contributed by atoms with Gasteiger partial charge in [0, 0.05) is 24.7 Å². The molecule has 2 saturated heterocycles. The number of likely N-dealkylation sites (tertiary alicyclic amines) is 2. The van der Waals surface area contributed by atoms with E-state index in [1.54, 1.807) is 22.8 Å². The second-order valence-corrected chi connectivity index (χ2v) is 9.37. The molecule has 0 aliphatic carbocycles. The number of carbonyl (C=O) groups excluding carboxylic acids is 1. The van der Waals surface area contributed by atoms with Crippen molar-refractivity contribution in [1.82, 2.24) is 19.4 Å². The van der Waals surface area contributed by atoms with E-state index in [4.69, 9.17) is 12.2 Å². The van der Waals surface area contributed by atoms with Gasteiger partial charge in [-0.3, -0.25) is 19.1 Å². The summed E-state index contributed by atoms with van der Waals surface area (Å²) in [5.41, 5.74) is 3.91. The lowest BCUT2D eigenvalue weighted by molar-refractivity contribution is 0.0780. The number of aryl methyl sites for hydroxylation is 1. The molecule has 2 aliphatic rings. The number of nitrogens with one attached hydrogen (secondary N) is 1. The summed E-state index contributed by atoms with van der Waals surface area (Å²) < 4.78 is 1.87. The maximum Gasteiger partial charge on any atom is 0.266 e. The van der Waals surface area contributed by atoms with E-state index in [-0.39, 0.29) is 11.5 Å². The third kappa shape index (κ3) is 3.59. The van der Waals surface area contributed by atoms with Crippen LogP contribution < -0.4 is 5.56 Å². The van der Waals surface area contributed by atoms with E-state index in [1.165, 1.54) is 12.8 Å². The Kier molecular flexibility index (Phi) is 5.47. The van der Waals surface area contributed by atoms with E-state index < -0.39 is 0 Å². The molecule has 1 amide bonds. The van der Waals surface area contributed by atoms with Gasteiger partial charge in [-0.05, 0) is 93.8 Å². The molecule has 0 bridgehead atoms. The average Bonchev–Trinajstić information content (AvgIpc) is 3.47. The molecule has 32 heavy (non-hydrogen) atoms. The van der Waals surface area contributed by atoms with Crippen molar-refractivity contribution in [2.24, 2.45) is 0 Å². The van der Waals surface area contributed by atoms with Crippen LogP contribution in [0.1, 0.15) is 40.7 Å². The molecule has 3 heterocycles. The Morgan fingerprint density at radius 1 is 1.09 bits per heavy atom. The monoisotopic (exact) mass is 448 g/mol. The van der Waals surface area contributed by atoms with E-state index in [1.807, 2.05) is 36.9 Å². The number of benzene rings is 2. The topological polar surface area (TPSA) is 61.3 Å². The molecule has 2 fully saturated rings. The predicted molar refractivity (Wildman–Crippen MR) is 129 cm³/mol. The molecule has 0 spiro atoms. The second-order valence-electron chi connectivity index (χ2n) is 8.99. The summed E-state index contributed by atoms with van der Waals surface area (Å²) in [6, 6.07) is 11.6. The van der Waals surface area contributed by atoms with Crippen molar-refractivity contribution in [2.45, 2.75) is 39.2 Å². The number of amides is 1. The van der Waals surface area contributed by atoms with E-state index in [2.05, 4.69) is 9.88 Å². The van der Waals surface area contributed by atoms with Gasteiger partial charge < -0.3 is 9.88 Å². The van der Waals surface area contributed by atoms with E-state index >= 15 is 0 Å². The minimum Gasteiger partial charge on any atom is -0.337 e. The summed E-state index contributed by atoms with van der Waals surface area (Å²) in [6.07, 6.45) is 3.55. The normalized spacial score (nSPS) is 19.2. The second kappa shape index (κ2) is 8.30. The summed E-state index contributed by atoms with van der Waals surface area (Å²) in [7, 11) is 0. The molecule has 1 aromatic heterocycles. The number of nitrogens with zero attached hydrogens (tertiary/aromatic N) is 3. The predicted octanol–water partition coefficient (Wildman–Crippen LogP) is 3.98. The highest BCUT2D eigenvalue weighted by Gasteiger charge is 2.32. The quantitative estimate of drug-likeness (QED) is 0.616. The Morgan fingerprint density at radius 3 is 2.66 bits per heavy atom. The molecule has 1 unspecified atom stereocenters. The summed E-state index contributed by atoms with van der Waals surface area (Å²) in [6.45, 7) is 7.85. The number of rotatable bonds is 3. The Morgan fingerprint density at radius 2 is 1.88 bits per heavy atom. The standard InChI is InChI=1S/C25H28N4O2S/c1-16-6-5-7-22(17(16)2)29-24(31)20-9-8-18(14-21(20)26-25(29)32)23(30)28-13-10-19(15-28)27-11-3-4-12-27/h5-9,14,19H,3-4,10-13,15H2,1-2H3,(H,26,32). The van der Waals surface area contributed by atoms with Gasteiger partial charge in [0.25, 0.3) is 11.5 Å². The SMILES string of the molecule is Cc1cccc(-n2c(=S)[nH]c3cc(C(=O)N4CCC(N5CCCC5)C4)ccc3c2=O)c1C. The first-order chi connectivity index (χ1) is 15.4. The van der Waals surface area contributed by atoms with Gasteiger partial charge in [-0.25, -0.2) is 0 Å². The zero-order valence-corrected chi connectivity index (χ0v) is 19.4. The van der Waals surface area contributed by atoms with Crippen LogP contribution in [-0.4, -0.2) is 57.5 Å². The molecule has 7 heteroatoms. The van der Waals surface area contributed by atoms with Gasteiger partial charge in [0.05, 0.1) is 16.6 Å². The zero-order chi connectivity index (χ0) is 22.4. The van der Waals surface area contributed by atoms with Crippen LogP contribution in [0.4, 0.5) is 0 Å². The fraction of sp³-hybridized carbons (Fsp3) is 0.400. The molecule has 2 aliphatic heterocycles. The average molecular weight is 449 g/mol. The van der Waals surface area contributed by atoms with E-state index in [0.29, 0.717) is 27.3 Å². The summed E-state index contributed by atoms with van der Waals surface area (Å²) in [4.78, 5) is 34.1. The number of fused-ring (bicyclic) bond motifs is 1. The number of carbonyl (C=O) groups is 1. The van der Waals surface area contributed by atoms with Crippen LogP contribution in [0.2, 0.25) is 0 Å². The molecule has 166 valence electrons. The lowest BCUT2D eigenvalue weighted by Gasteiger charge is -2.23. The van der Waals surface area contributed by atoms with Crippen LogP contribution >= 0.6 is 12.2 Å². The molecule has 0 radical (unpaired) electrons. The van der Waals surface area contributed by atoms with Crippen molar-refractivity contribution in [3.05, 3.63) is 68.2 Å². The first-order valence-electron chi connectivity index (χ1n) is 11.3. The fourth-order valence-corrected chi connectivity index (χ4v) is 5.35. The maximum atomic E-state index is 13.3. The summed E-state index contributed by atoms with van der Waals surface area (Å²) in [5, 5.41) is 0.521. The van der Waals surface area contributed by atoms with Gasteiger partial charge in [-0.1, -0.05) is 12.1 Å². The Labute approximate surface area is 192 Å². The third-order valence-electron chi connectivity index (χ3n) is 7.07. The summed E-state index contributed by atoms with van der Waals surface area (Å²) in [5.74, 6) is 0.0200. The lowest BCUT2D eigenvalue weighted by atomic mass is 10.1. The van der Waals surface area contributed by atoms with Crippen LogP contribution in [0.3, 0.4) is 0 Å². The zero-order valence-electron chi connectivity index (χ0n) is 18.6. The summed E-state index contributed by atoms with van der Waals surface area (Å²) >= 11 is 5.55. The van der Waals surface area contributed by atoms with Crippen LogP contribution in [0, 0.1) is 18.6 Å². The minimum absolute atomic E-state index is 0.0200. The Bertz CT molecular complexity index is 1320. The molecule has 2 aromatic carbocycles. The number of aromatic nitrogens is 2. The van der Waals surface area contributed by atoms with Crippen LogP contribution in [0.25, 0.3) is 16.6 Å². The highest BCUT2D eigenvalue weighted by atomic mass is 32.1. The van der Waals surface area contributed by atoms with Gasteiger partial charge in [0.2, 0.25) is 0 Å². The van der Waals surface area contributed by atoms with Crippen molar-refractivity contribution in [3.63, 3.8) is 0 Å². The van der Waals surface area contributed by atoms with Crippen molar-refractivity contribution in [2.75, 3.05) is 26.2 Å². The van der Waals surface area contributed by atoms with E-state index in [0.717, 1.165) is 49.4 Å². The highest BCUT2D eigenvalue weighted by Crippen LogP contribution is 2.23. The molecular weight excluding hydrogens is 420 g/mol. The van der Waals surface area contributed by atoms with Crippen molar-refractivity contribution in [1.29, 1.82) is 0 Å². The molecule has 0 saturated carbocycles. The van der Waals surface area contributed by atoms with Gasteiger partial charge in [0.1, 0.15) is 0 Å². The van der Waals surface area contributed by atoms with Crippen molar-refractivity contribution < 1.29 is 4.79 Å². The molecular formula is C25H28N4O2S. The smallest absolute Gasteiger partial charge is 0.266 e. The third-order valence-corrected chi connectivity index (χ3v) is 7.35. The van der Waals surface area contributed by atoms with Gasteiger partial charge in [0.15, 0.2) is 4.77 Å². The Balaban J connectivity index is 1.47. The number of hydrogen-bond acceptors (Lipinski definition) is 4. The first-order valence-corrected chi connectivity index (χ1v) is 11.7. The molecule has 6 nitrogen and oxygen atoms in total. The molecule has 1 N–H and O–H groups in total. The minimum atomic E-state index is -0.174. The molecule has 1 atom stereocenters. The Hall–Kier alpha value is -2.77. The number of aromatic amines is 1. The van der Waals surface area contributed by atoms with Gasteiger partial charge in [-0.15, -0.1) is 0 Å². The van der Waals surface area contributed by atoms with Crippen molar-refractivity contribution in [3.8, 4) is 5.69 Å². The maximum absolute atomic E-state index is 13.3. The number of H-pyrrole nitrogens is 1.